The van der Waals surface area contributed by atoms with Gasteiger partial charge < -0.3 is 14.9 Å². The number of hydrogen-bond donors (Lipinski definition) is 2. The number of carboxylic acid groups (broad SMARTS) is 2. The van der Waals surface area contributed by atoms with Crippen molar-refractivity contribution >= 4 is 22.7 Å². The van der Waals surface area contributed by atoms with Gasteiger partial charge in [-0.3, -0.25) is 9.59 Å². The molecule has 0 aromatic heterocycles. The Kier molecular flexibility index (Phi) is 3.36. The van der Waals surface area contributed by atoms with Gasteiger partial charge >= 0.3 is 11.9 Å². The van der Waals surface area contributed by atoms with Gasteiger partial charge in [-0.2, -0.15) is 0 Å². The molecule has 2 aromatic carbocycles. The fourth-order valence-corrected chi connectivity index (χ4v) is 2.00. The summed E-state index contributed by atoms with van der Waals surface area (Å²) >= 11 is 0. The Morgan fingerprint density at radius 3 is 2.10 bits per heavy atom. The van der Waals surface area contributed by atoms with Crippen LogP contribution in [-0.2, 0) is 15.0 Å². The number of hydrogen-bond acceptors (Lipinski definition) is 3. The summed E-state index contributed by atoms with van der Waals surface area (Å²) in [7, 11) is 1.56. The summed E-state index contributed by atoms with van der Waals surface area (Å²) in [4.78, 5) is 22.6. The van der Waals surface area contributed by atoms with E-state index in [0.29, 0.717) is 5.75 Å². The van der Waals surface area contributed by atoms with Crippen molar-refractivity contribution in [1.29, 1.82) is 0 Å². The summed E-state index contributed by atoms with van der Waals surface area (Å²) in [6.07, 6.45) is 0. The molecule has 104 valence electrons. The summed E-state index contributed by atoms with van der Waals surface area (Å²) in [5.41, 5.74) is -1.73. The molecule has 0 aliphatic carbocycles. The maximum Gasteiger partial charge on any atom is 0.325 e. The number of ether oxygens (including phenoxy) is 1. The van der Waals surface area contributed by atoms with Crippen molar-refractivity contribution in [1.82, 2.24) is 0 Å². The Morgan fingerprint density at radius 2 is 1.55 bits per heavy atom. The van der Waals surface area contributed by atoms with Crippen LogP contribution in [0, 0.1) is 0 Å². The number of aliphatic carboxylic acids is 2. The van der Waals surface area contributed by atoms with Crippen LogP contribution in [0.15, 0.2) is 36.4 Å². The Morgan fingerprint density at radius 1 is 1.00 bits per heavy atom. The van der Waals surface area contributed by atoms with Crippen LogP contribution in [0.25, 0.3) is 10.8 Å². The van der Waals surface area contributed by atoms with Gasteiger partial charge in [0.2, 0.25) is 0 Å². The van der Waals surface area contributed by atoms with E-state index in [4.69, 9.17) is 4.74 Å². The highest BCUT2D eigenvalue weighted by Crippen LogP contribution is 2.29. The Bertz CT molecular complexity index is 676. The second-order valence-corrected chi connectivity index (χ2v) is 4.66. The van der Waals surface area contributed by atoms with Gasteiger partial charge in [0.25, 0.3) is 0 Å². The highest BCUT2D eigenvalue weighted by molar-refractivity contribution is 6.05. The van der Waals surface area contributed by atoms with Crippen LogP contribution in [0.3, 0.4) is 0 Å². The molecule has 0 spiro atoms. The lowest BCUT2D eigenvalue weighted by Gasteiger charge is -2.20. The summed E-state index contributed by atoms with van der Waals surface area (Å²) < 4.78 is 5.11. The average molecular weight is 274 g/mol. The van der Waals surface area contributed by atoms with Gasteiger partial charge in [-0.05, 0) is 41.5 Å². The van der Waals surface area contributed by atoms with Crippen molar-refractivity contribution in [3.05, 3.63) is 42.0 Å². The molecule has 2 N–H and O–H groups in total. The first-order valence-corrected chi connectivity index (χ1v) is 5.94. The van der Waals surface area contributed by atoms with Crippen molar-refractivity contribution in [2.45, 2.75) is 12.3 Å². The summed E-state index contributed by atoms with van der Waals surface area (Å²) in [5, 5.41) is 20.0. The second-order valence-electron chi connectivity index (χ2n) is 4.66. The van der Waals surface area contributed by atoms with Gasteiger partial charge in [0, 0.05) is 0 Å². The van der Waals surface area contributed by atoms with Gasteiger partial charge in [-0.15, -0.1) is 0 Å². The van der Waals surface area contributed by atoms with E-state index >= 15 is 0 Å². The topological polar surface area (TPSA) is 83.8 Å². The predicted octanol–water partition coefficient (Wildman–Crippen LogP) is 2.28. The fraction of sp³-hybridized carbons (Fsp3) is 0.200. The number of fused-ring (bicyclic) bond motifs is 1. The molecule has 0 heterocycles. The quantitative estimate of drug-likeness (QED) is 0.835. The van der Waals surface area contributed by atoms with Crippen LogP contribution in [0.1, 0.15) is 12.5 Å². The lowest BCUT2D eigenvalue weighted by molar-refractivity contribution is -0.156. The molecule has 5 nitrogen and oxygen atoms in total. The van der Waals surface area contributed by atoms with E-state index in [2.05, 4.69) is 0 Å². The van der Waals surface area contributed by atoms with E-state index < -0.39 is 17.4 Å². The number of methoxy groups -OCH3 is 1. The van der Waals surface area contributed by atoms with Gasteiger partial charge in [-0.25, -0.2) is 0 Å². The smallest absolute Gasteiger partial charge is 0.325 e. The monoisotopic (exact) mass is 274 g/mol. The molecule has 0 unspecified atom stereocenters. The Labute approximate surface area is 115 Å². The molecule has 0 atom stereocenters. The van der Waals surface area contributed by atoms with Crippen LogP contribution in [-0.4, -0.2) is 29.3 Å². The van der Waals surface area contributed by atoms with E-state index in [1.807, 2.05) is 0 Å². The molecule has 0 fully saturated rings. The van der Waals surface area contributed by atoms with Crippen molar-refractivity contribution in [2.24, 2.45) is 0 Å². The molecule has 0 saturated heterocycles. The molecule has 2 rings (SSSR count). The summed E-state index contributed by atoms with van der Waals surface area (Å²) in [5.74, 6) is -2.10. The van der Waals surface area contributed by atoms with Crippen LogP contribution in [0.4, 0.5) is 0 Å². The zero-order valence-electron chi connectivity index (χ0n) is 11.1. The number of rotatable bonds is 4. The van der Waals surface area contributed by atoms with Gasteiger partial charge in [0.05, 0.1) is 7.11 Å². The predicted molar refractivity (Wildman–Crippen MR) is 73.1 cm³/mol. The zero-order chi connectivity index (χ0) is 14.9. The van der Waals surface area contributed by atoms with E-state index in [-0.39, 0.29) is 5.56 Å². The molecule has 0 radical (unpaired) electrons. The first-order valence-electron chi connectivity index (χ1n) is 5.94. The molecule has 5 heteroatoms. The van der Waals surface area contributed by atoms with E-state index in [9.17, 15) is 19.8 Å². The molecule has 0 amide bonds. The SMILES string of the molecule is COc1ccc2cc(C(C)(C(=O)O)C(=O)O)ccc2c1. The van der Waals surface area contributed by atoms with Crippen molar-refractivity contribution in [3.63, 3.8) is 0 Å². The van der Waals surface area contributed by atoms with Gasteiger partial charge in [-0.1, -0.05) is 18.2 Å². The average Bonchev–Trinajstić information content (AvgIpc) is 2.44. The minimum Gasteiger partial charge on any atom is -0.497 e. The van der Waals surface area contributed by atoms with E-state index in [1.54, 1.807) is 37.4 Å². The van der Waals surface area contributed by atoms with Crippen molar-refractivity contribution in [3.8, 4) is 5.75 Å². The third-order valence-electron chi connectivity index (χ3n) is 3.48. The minimum atomic E-state index is -1.96. The van der Waals surface area contributed by atoms with Crippen LogP contribution >= 0.6 is 0 Å². The highest BCUT2D eigenvalue weighted by Gasteiger charge is 2.43. The third kappa shape index (κ3) is 2.07. The summed E-state index contributed by atoms with van der Waals surface area (Å²) in [6.45, 7) is 1.18. The van der Waals surface area contributed by atoms with Gasteiger partial charge in [0.1, 0.15) is 5.75 Å². The Hall–Kier alpha value is -2.56. The maximum atomic E-state index is 11.3. The number of carboxylic acids is 2. The van der Waals surface area contributed by atoms with Crippen LogP contribution in [0.2, 0.25) is 0 Å². The lowest BCUT2D eigenvalue weighted by atomic mass is 9.82. The molecule has 0 bridgehead atoms. The van der Waals surface area contributed by atoms with E-state index in [0.717, 1.165) is 10.8 Å². The molecule has 20 heavy (non-hydrogen) atoms. The molecular formula is C15H14O5. The Balaban J connectivity index is 2.62. The maximum absolute atomic E-state index is 11.3. The fourth-order valence-electron chi connectivity index (χ4n) is 2.00. The van der Waals surface area contributed by atoms with Gasteiger partial charge in [0.15, 0.2) is 5.41 Å². The summed E-state index contributed by atoms with van der Waals surface area (Å²) in [6, 6.07) is 10.1. The minimum absolute atomic E-state index is 0.232. The molecule has 0 aliphatic heterocycles. The first kappa shape index (κ1) is 13.9. The molecule has 0 saturated carbocycles. The normalized spacial score (nSPS) is 11.3. The zero-order valence-corrected chi connectivity index (χ0v) is 11.1. The van der Waals surface area contributed by atoms with Crippen molar-refractivity contribution < 1.29 is 24.5 Å². The number of carbonyl (C=O) groups is 2. The van der Waals surface area contributed by atoms with E-state index in [1.165, 1.54) is 13.0 Å². The van der Waals surface area contributed by atoms with Crippen LogP contribution in [0.5, 0.6) is 5.75 Å². The third-order valence-corrected chi connectivity index (χ3v) is 3.48. The largest absolute Gasteiger partial charge is 0.497 e. The highest BCUT2D eigenvalue weighted by atomic mass is 16.5. The first-order chi connectivity index (χ1) is 9.39. The molecule has 0 aliphatic rings. The van der Waals surface area contributed by atoms with Crippen molar-refractivity contribution in [2.75, 3.05) is 7.11 Å². The number of benzene rings is 2. The lowest BCUT2D eigenvalue weighted by Crippen LogP contribution is -2.40. The standard InChI is InChI=1S/C15H14O5/c1-15(13(16)17,14(18)19)11-5-3-10-8-12(20-2)6-4-9(10)7-11/h3-8H,1-2H3,(H,16,17)(H,18,19). The van der Waals surface area contributed by atoms with Crippen LogP contribution < -0.4 is 4.74 Å². The molecular weight excluding hydrogens is 260 g/mol. The second kappa shape index (κ2) is 4.85. The molecule has 2 aromatic rings.